The number of phenolic OH excluding ortho intramolecular Hbond substituents is 1. The topological polar surface area (TPSA) is 29.5 Å². The second-order valence-corrected chi connectivity index (χ2v) is 2.72. The molecule has 2 nitrogen and oxygen atoms in total. The third kappa shape index (κ3) is 1.70. The van der Waals surface area contributed by atoms with Crippen LogP contribution >= 0.6 is 0 Å². The number of aromatic hydroxyl groups is 1. The molecule has 0 saturated heterocycles. The third-order valence-electron chi connectivity index (χ3n) is 1.80. The predicted octanol–water partition coefficient (Wildman–Crippen LogP) is 2.35. The van der Waals surface area contributed by atoms with Gasteiger partial charge in [-0.25, -0.2) is 0 Å². The summed E-state index contributed by atoms with van der Waals surface area (Å²) in [7, 11) is 1.58. The summed E-state index contributed by atoms with van der Waals surface area (Å²) in [6.45, 7) is 2.10. The number of aryl methyl sites for hydroxylation is 1. The van der Waals surface area contributed by atoms with Crippen LogP contribution in [0.5, 0.6) is 11.5 Å². The minimum Gasteiger partial charge on any atom is -0.504 e. The molecule has 1 rings (SSSR count). The van der Waals surface area contributed by atoms with Crippen LogP contribution in [0.1, 0.15) is 18.9 Å². The van der Waals surface area contributed by atoms with Gasteiger partial charge >= 0.3 is 0 Å². The normalized spacial score (nSPS) is 9.83. The first kappa shape index (κ1) is 8.91. The van der Waals surface area contributed by atoms with Crippen LogP contribution in [-0.2, 0) is 6.42 Å². The van der Waals surface area contributed by atoms with Crippen molar-refractivity contribution in [2.75, 3.05) is 7.11 Å². The second kappa shape index (κ2) is 4.00. The lowest BCUT2D eigenvalue weighted by Crippen LogP contribution is -1.91. The number of ether oxygens (including phenoxy) is 1. The highest BCUT2D eigenvalue weighted by molar-refractivity contribution is 5.45. The van der Waals surface area contributed by atoms with Gasteiger partial charge in [-0.1, -0.05) is 25.5 Å². The fourth-order valence-electron chi connectivity index (χ4n) is 1.27. The number of para-hydroxylation sites is 1. The Bertz CT molecular complexity index is 256. The number of methoxy groups -OCH3 is 1. The second-order valence-electron chi connectivity index (χ2n) is 2.72. The summed E-state index contributed by atoms with van der Waals surface area (Å²) in [6.07, 6.45) is 2.00. The summed E-state index contributed by atoms with van der Waals surface area (Å²) in [5.41, 5.74) is 1.07. The number of hydrogen-bond donors (Lipinski definition) is 1. The molecular weight excluding hydrogens is 152 g/mol. The van der Waals surface area contributed by atoms with E-state index in [1.807, 2.05) is 12.1 Å². The smallest absolute Gasteiger partial charge is 0.163 e. The van der Waals surface area contributed by atoms with Gasteiger partial charge in [0.25, 0.3) is 0 Å². The van der Waals surface area contributed by atoms with E-state index >= 15 is 0 Å². The van der Waals surface area contributed by atoms with Crippen LogP contribution in [-0.4, -0.2) is 12.2 Å². The standard InChI is InChI=1S/C10H14O2/c1-3-5-8-6-4-7-9(11)10(8)12-2/h4,6-7,11H,3,5H2,1-2H3. The molecule has 0 atom stereocenters. The lowest BCUT2D eigenvalue weighted by molar-refractivity contribution is 0.369. The average molecular weight is 166 g/mol. The molecule has 0 saturated carbocycles. The fourth-order valence-corrected chi connectivity index (χ4v) is 1.27. The van der Waals surface area contributed by atoms with E-state index in [4.69, 9.17) is 4.74 Å². The van der Waals surface area contributed by atoms with Gasteiger partial charge < -0.3 is 9.84 Å². The maximum atomic E-state index is 9.39. The van der Waals surface area contributed by atoms with Crippen LogP contribution in [0.15, 0.2) is 18.2 Å². The van der Waals surface area contributed by atoms with Crippen molar-refractivity contribution in [1.29, 1.82) is 0 Å². The molecule has 1 aromatic rings. The van der Waals surface area contributed by atoms with Crippen LogP contribution in [0.4, 0.5) is 0 Å². The van der Waals surface area contributed by atoms with E-state index < -0.39 is 0 Å². The van der Waals surface area contributed by atoms with Crippen LogP contribution in [0, 0.1) is 0 Å². The Balaban J connectivity index is 3.00. The number of benzene rings is 1. The fraction of sp³-hybridized carbons (Fsp3) is 0.400. The molecule has 1 N–H and O–H groups in total. The molecule has 0 aliphatic heterocycles. The molecule has 0 aliphatic rings. The highest BCUT2D eigenvalue weighted by Crippen LogP contribution is 2.30. The van der Waals surface area contributed by atoms with Gasteiger partial charge in [0.2, 0.25) is 0 Å². The average Bonchev–Trinajstić information content (AvgIpc) is 2.05. The molecule has 66 valence electrons. The van der Waals surface area contributed by atoms with Crippen molar-refractivity contribution in [2.45, 2.75) is 19.8 Å². The van der Waals surface area contributed by atoms with E-state index in [1.165, 1.54) is 0 Å². The van der Waals surface area contributed by atoms with Gasteiger partial charge in [-0.15, -0.1) is 0 Å². The molecule has 0 bridgehead atoms. The maximum absolute atomic E-state index is 9.39. The monoisotopic (exact) mass is 166 g/mol. The SMILES string of the molecule is CCCc1cccc(O)c1OC. The molecule has 1 aromatic carbocycles. The zero-order chi connectivity index (χ0) is 8.97. The minimum absolute atomic E-state index is 0.225. The molecule has 0 radical (unpaired) electrons. The first-order valence-electron chi connectivity index (χ1n) is 4.14. The molecule has 2 heteroatoms. The molecule has 0 fully saturated rings. The van der Waals surface area contributed by atoms with Crippen molar-refractivity contribution in [1.82, 2.24) is 0 Å². The highest BCUT2D eigenvalue weighted by atomic mass is 16.5. The summed E-state index contributed by atoms with van der Waals surface area (Å²) in [5, 5.41) is 9.39. The third-order valence-corrected chi connectivity index (χ3v) is 1.80. The molecule has 0 aromatic heterocycles. The molecule has 0 spiro atoms. The van der Waals surface area contributed by atoms with Gasteiger partial charge in [-0.3, -0.25) is 0 Å². The first-order chi connectivity index (χ1) is 5.79. The Hall–Kier alpha value is -1.18. The number of hydrogen-bond acceptors (Lipinski definition) is 2. The van der Waals surface area contributed by atoms with Gasteiger partial charge in [-0.2, -0.15) is 0 Å². The Morgan fingerprint density at radius 2 is 2.17 bits per heavy atom. The maximum Gasteiger partial charge on any atom is 0.163 e. The molecule has 0 heterocycles. The van der Waals surface area contributed by atoms with Crippen molar-refractivity contribution >= 4 is 0 Å². The Morgan fingerprint density at radius 1 is 1.42 bits per heavy atom. The highest BCUT2D eigenvalue weighted by Gasteiger charge is 2.05. The Labute approximate surface area is 72.8 Å². The largest absolute Gasteiger partial charge is 0.504 e. The van der Waals surface area contributed by atoms with Crippen LogP contribution in [0.25, 0.3) is 0 Å². The van der Waals surface area contributed by atoms with E-state index in [0.29, 0.717) is 5.75 Å². The van der Waals surface area contributed by atoms with E-state index in [2.05, 4.69) is 6.92 Å². The molecule has 0 amide bonds. The number of rotatable bonds is 3. The lowest BCUT2D eigenvalue weighted by Gasteiger charge is -2.08. The quantitative estimate of drug-likeness (QED) is 0.746. The minimum atomic E-state index is 0.225. The van der Waals surface area contributed by atoms with E-state index in [-0.39, 0.29) is 5.75 Å². The van der Waals surface area contributed by atoms with Crippen molar-refractivity contribution in [3.63, 3.8) is 0 Å². The van der Waals surface area contributed by atoms with Gasteiger partial charge in [-0.05, 0) is 18.1 Å². The first-order valence-corrected chi connectivity index (χ1v) is 4.14. The van der Waals surface area contributed by atoms with Crippen molar-refractivity contribution in [3.8, 4) is 11.5 Å². The van der Waals surface area contributed by atoms with Gasteiger partial charge in [0, 0.05) is 0 Å². The molecule has 0 unspecified atom stereocenters. The van der Waals surface area contributed by atoms with Gasteiger partial charge in [0.15, 0.2) is 11.5 Å². The Morgan fingerprint density at radius 3 is 2.75 bits per heavy atom. The Kier molecular flexibility index (Phi) is 2.97. The lowest BCUT2D eigenvalue weighted by atomic mass is 10.1. The summed E-state index contributed by atoms with van der Waals surface area (Å²) in [4.78, 5) is 0. The van der Waals surface area contributed by atoms with E-state index in [0.717, 1.165) is 18.4 Å². The molecule has 0 aliphatic carbocycles. The zero-order valence-electron chi connectivity index (χ0n) is 7.50. The molecule has 12 heavy (non-hydrogen) atoms. The van der Waals surface area contributed by atoms with Gasteiger partial charge in [0.1, 0.15) is 0 Å². The van der Waals surface area contributed by atoms with Crippen molar-refractivity contribution in [3.05, 3.63) is 23.8 Å². The van der Waals surface area contributed by atoms with Crippen molar-refractivity contribution < 1.29 is 9.84 Å². The molecular formula is C10H14O2. The predicted molar refractivity (Wildman–Crippen MR) is 48.7 cm³/mol. The van der Waals surface area contributed by atoms with Crippen LogP contribution in [0.3, 0.4) is 0 Å². The summed E-state index contributed by atoms with van der Waals surface area (Å²) in [6, 6.07) is 5.45. The summed E-state index contributed by atoms with van der Waals surface area (Å²) in [5.74, 6) is 0.836. The van der Waals surface area contributed by atoms with E-state index in [9.17, 15) is 5.11 Å². The summed E-state index contributed by atoms with van der Waals surface area (Å²) < 4.78 is 5.08. The zero-order valence-corrected chi connectivity index (χ0v) is 7.50. The van der Waals surface area contributed by atoms with Gasteiger partial charge in [0.05, 0.1) is 7.11 Å². The van der Waals surface area contributed by atoms with Crippen LogP contribution < -0.4 is 4.74 Å². The summed E-state index contributed by atoms with van der Waals surface area (Å²) >= 11 is 0. The van der Waals surface area contributed by atoms with E-state index in [1.54, 1.807) is 13.2 Å². The van der Waals surface area contributed by atoms with Crippen LogP contribution in [0.2, 0.25) is 0 Å². The van der Waals surface area contributed by atoms with Crippen molar-refractivity contribution in [2.24, 2.45) is 0 Å². The number of phenols is 1.